The molecule has 19 heavy (non-hydrogen) atoms. The summed E-state index contributed by atoms with van der Waals surface area (Å²) in [4.78, 5) is 13.9. The van der Waals surface area contributed by atoms with E-state index < -0.39 is 0 Å². The monoisotopic (exact) mass is 272 g/mol. The molecule has 0 radical (unpaired) electrons. The molecule has 1 fully saturated rings. The second kappa shape index (κ2) is 9.15. The van der Waals surface area contributed by atoms with Crippen LogP contribution in [-0.2, 0) is 4.74 Å². The van der Waals surface area contributed by atoms with Crippen LogP contribution in [0.1, 0.15) is 39.5 Å². The summed E-state index contributed by atoms with van der Waals surface area (Å²) in [6.07, 6.45) is 3.77. The van der Waals surface area contributed by atoms with Crippen LogP contribution in [0.5, 0.6) is 0 Å². The van der Waals surface area contributed by atoms with Crippen molar-refractivity contribution in [1.29, 1.82) is 0 Å². The zero-order chi connectivity index (χ0) is 14.1. The highest BCUT2D eigenvalue weighted by molar-refractivity contribution is 5.67. The van der Waals surface area contributed by atoms with Crippen molar-refractivity contribution in [2.75, 3.05) is 32.8 Å². The predicted molar refractivity (Wildman–Crippen MR) is 75.1 cm³/mol. The maximum atomic E-state index is 11.5. The van der Waals surface area contributed by atoms with Gasteiger partial charge in [0.2, 0.25) is 0 Å². The Kier molecular flexibility index (Phi) is 7.82. The molecule has 0 aliphatic carbocycles. The average Bonchev–Trinajstić information content (AvgIpc) is 2.36. The molecular formula is C14H28N2O3. The van der Waals surface area contributed by atoms with Crippen LogP contribution >= 0.6 is 0 Å². The van der Waals surface area contributed by atoms with Crippen LogP contribution in [0.4, 0.5) is 4.79 Å². The number of piperidine rings is 1. The van der Waals surface area contributed by atoms with Crippen molar-refractivity contribution >= 4 is 6.09 Å². The minimum absolute atomic E-state index is 0.140. The molecule has 2 unspecified atom stereocenters. The first-order valence-electron chi connectivity index (χ1n) is 7.46. The second-order valence-electron chi connectivity index (χ2n) is 5.29. The van der Waals surface area contributed by atoms with E-state index in [1.807, 2.05) is 6.92 Å². The van der Waals surface area contributed by atoms with Gasteiger partial charge in [-0.25, -0.2) is 4.79 Å². The van der Waals surface area contributed by atoms with Gasteiger partial charge >= 0.3 is 6.09 Å². The highest BCUT2D eigenvalue weighted by Gasteiger charge is 2.27. The van der Waals surface area contributed by atoms with E-state index in [2.05, 4.69) is 17.1 Å². The summed E-state index contributed by atoms with van der Waals surface area (Å²) in [5.74, 6) is 0.461. The van der Waals surface area contributed by atoms with E-state index in [9.17, 15) is 4.79 Å². The summed E-state index contributed by atoms with van der Waals surface area (Å²) in [6.45, 7) is 7.60. The van der Waals surface area contributed by atoms with Crippen molar-refractivity contribution in [3.05, 3.63) is 0 Å². The van der Waals surface area contributed by atoms with Crippen molar-refractivity contribution in [2.24, 2.45) is 5.92 Å². The van der Waals surface area contributed by atoms with E-state index in [0.717, 1.165) is 32.5 Å². The first-order chi connectivity index (χ1) is 9.19. The lowest BCUT2D eigenvalue weighted by Gasteiger charge is -2.37. The third kappa shape index (κ3) is 6.25. The molecule has 1 amide bonds. The van der Waals surface area contributed by atoms with Crippen LogP contribution in [-0.4, -0.2) is 55.0 Å². The number of aliphatic hydroxyl groups excluding tert-OH is 1. The SMILES string of the molecule is CCCCN1CC(CCO)CC(NC(=O)OCC)C1. The molecule has 1 heterocycles. The molecule has 0 spiro atoms. The van der Waals surface area contributed by atoms with Crippen LogP contribution in [0.2, 0.25) is 0 Å². The summed E-state index contributed by atoms with van der Waals surface area (Å²) in [5.41, 5.74) is 0. The normalized spacial score (nSPS) is 24.2. The number of rotatable bonds is 7. The number of ether oxygens (including phenoxy) is 1. The quantitative estimate of drug-likeness (QED) is 0.739. The van der Waals surface area contributed by atoms with Gasteiger partial charge in [-0.2, -0.15) is 0 Å². The Bertz CT molecular complexity index is 261. The van der Waals surface area contributed by atoms with Gasteiger partial charge in [-0.15, -0.1) is 0 Å². The number of amides is 1. The smallest absolute Gasteiger partial charge is 0.407 e. The fourth-order valence-electron chi connectivity index (χ4n) is 2.70. The fourth-order valence-corrected chi connectivity index (χ4v) is 2.70. The van der Waals surface area contributed by atoms with E-state index in [4.69, 9.17) is 9.84 Å². The highest BCUT2D eigenvalue weighted by Crippen LogP contribution is 2.20. The maximum absolute atomic E-state index is 11.5. The lowest BCUT2D eigenvalue weighted by Crippen LogP contribution is -2.51. The van der Waals surface area contributed by atoms with Crippen molar-refractivity contribution in [1.82, 2.24) is 10.2 Å². The Hall–Kier alpha value is -0.810. The van der Waals surface area contributed by atoms with Gasteiger partial charge in [-0.1, -0.05) is 13.3 Å². The number of nitrogens with zero attached hydrogens (tertiary/aromatic N) is 1. The summed E-state index contributed by atoms with van der Waals surface area (Å²) >= 11 is 0. The van der Waals surface area contributed by atoms with Crippen LogP contribution in [0.25, 0.3) is 0 Å². The molecule has 1 aliphatic rings. The molecule has 1 aliphatic heterocycles. The molecular weight excluding hydrogens is 244 g/mol. The third-order valence-corrected chi connectivity index (χ3v) is 3.58. The van der Waals surface area contributed by atoms with E-state index in [1.54, 1.807) is 0 Å². The van der Waals surface area contributed by atoms with Crippen LogP contribution in [0, 0.1) is 5.92 Å². The van der Waals surface area contributed by atoms with Crippen molar-refractivity contribution in [3.8, 4) is 0 Å². The Morgan fingerprint density at radius 2 is 2.21 bits per heavy atom. The Balaban J connectivity index is 2.46. The minimum atomic E-state index is -0.326. The number of likely N-dealkylation sites (tertiary alicyclic amines) is 1. The number of aliphatic hydroxyl groups is 1. The molecule has 5 heteroatoms. The van der Waals surface area contributed by atoms with Crippen LogP contribution in [0.15, 0.2) is 0 Å². The topological polar surface area (TPSA) is 61.8 Å². The number of carbonyl (C=O) groups excluding carboxylic acids is 1. The summed E-state index contributed by atoms with van der Waals surface area (Å²) < 4.78 is 4.94. The molecule has 0 bridgehead atoms. The minimum Gasteiger partial charge on any atom is -0.450 e. The molecule has 0 aromatic rings. The van der Waals surface area contributed by atoms with Gasteiger partial charge in [0.15, 0.2) is 0 Å². The number of hydrogen-bond acceptors (Lipinski definition) is 4. The summed E-state index contributed by atoms with van der Waals surface area (Å²) in [5, 5.41) is 12.0. The number of alkyl carbamates (subject to hydrolysis) is 1. The largest absolute Gasteiger partial charge is 0.450 e. The van der Waals surface area contributed by atoms with Gasteiger partial charge < -0.3 is 20.1 Å². The average molecular weight is 272 g/mol. The number of carbonyl (C=O) groups is 1. The maximum Gasteiger partial charge on any atom is 0.407 e. The first-order valence-corrected chi connectivity index (χ1v) is 7.46. The molecule has 0 aromatic carbocycles. The van der Waals surface area contributed by atoms with Gasteiger partial charge in [0.1, 0.15) is 0 Å². The van der Waals surface area contributed by atoms with Gasteiger partial charge in [0.05, 0.1) is 6.61 Å². The van der Waals surface area contributed by atoms with Crippen LogP contribution in [0.3, 0.4) is 0 Å². The second-order valence-corrected chi connectivity index (χ2v) is 5.29. The standard InChI is InChI=1S/C14H28N2O3/c1-3-5-7-16-10-12(6-8-17)9-13(11-16)15-14(18)19-4-2/h12-13,17H,3-11H2,1-2H3,(H,15,18). The van der Waals surface area contributed by atoms with E-state index in [0.29, 0.717) is 12.5 Å². The van der Waals surface area contributed by atoms with E-state index in [-0.39, 0.29) is 18.7 Å². The Morgan fingerprint density at radius 3 is 2.84 bits per heavy atom. The lowest BCUT2D eigenvalue weighted by molar-refractivity contribution is 0.106. The van der Waals surface area contributed by atoms with Gasteiger partial charge in [-0.3, -0.25) is 0 Å². The van der Waals surface area contributed by atoms with Gasteiger partial charge in [0.25, 0.3) is 0 Å². The zero-order valence-corrected chi connectivity index (χ0v) is 12.2. The van der Waals surface area contributed by atoms with Crippen molar-refractivity contribution in [2.45, 2.75) is 45.6 Å². The van der Waals surface area contributed by atoms with Gasteiger partial charge in [-0.05, 0) is 38.6 Å². The Labute approximate surface area is 116 Å². The number of hydrogen-bond donors (Lipinski definition) is 2. The van der Waals surface area contributed by atoms with Gasteiger partial charge in [0, 0.05) is 25.7 Å². The Morgan fingerprint density at radius 1 is 1.42 bits per heavy atom. The lowest BCUT2D eigenvalue weighted by atomic mass is 9.91. The highest BCUT2D eigenvalue weighted by atomic mass is 16.5. The van der Waals surface area contributed by atoms with Crippen molar-refractivity contribution < 1.29 is 14.6 Å². The molecule has 2 atom stereocenters. The van der Waals surface area contributed by atoms with E-state index in [1.165, 1.54) is 12.8 Å². The first kappa shape index (κ1) is 16.2. The molecule has 1 saturated heterocycles. The molecule has 112 valence electrons. The molecule has 1 rings (SSSR count). The number of unbranched alkanes of at least 4 members (excludes halogenated alkanes) is 1. The van der Waals surface area contributed by atoms with Crippen molar-refractivity contribution in [3.63, 3.8) is 0 Å². The van der Waals surface area contributed by atoms with Crippen LogP contribution < -0.4 is 5.32 Å². The van der Waals surface area contributed by atoms with E-state index >= 15 is 0 Å². The predicted octanol–water partition coefficient (Wildman–Crippen LogP) is 1.61. The molecule has 0 saturated carbocycles. The third-order valence-electron chi connectivity index (χ3n) is 3.58. The molecule has 2 N–H and O–H groups in total. The fraction of sp³-hybridized carbons (Fsp3) is 0.929. The number of nitrogens with one attached hydrogen (secondary N) is 1. The zero-order valence-electron chi connectivity index (χ0n) is 12.2. The molecule has 5 nitrogen and oxygen atoms in total. The molecule has 0 aromatic heterocycles. The summed E-state index contributed by atoms with van der Waals surface area (Å²) in [6, 6.07) is 0.140. The summed E-state index contributed by atoms with van der Waals surface area (Å²) in [7, 11) is 0.